The van der Waals surface area contributed by atoms with Gasteiger partial charge in [0.15, 0.2) is 0 Å². The Morgan fingerprint density at radius 2 is 2.10 bits per heavy atom. The summed E-state index contributed by atoms with van der Waals surface area (Å²) in [7, 11) is 0. The second-order valence-corrected chi connectivity index (χ2v) is 5.76. The van der Waals surface area contributed by atoms with E-state index in [0.717, 1.165) is 31.6 Å². The molecule has 0 radical (unpaired) electrons. The van der Waals surface area contributed by atoms with Gasteiger partial charge in [0.25, 0.3) is 0 Å². The smallest absolute Gasteiger partial charge is 0.306 e. The number of carbonyl (C=O) groups is 1. The average molecular weight is 279 g/mol. The number of nitrogens with zero attached hydrogens (tertiary/aromatic N) is 1. The number of hydrogen-bond acceptors (Lipinski definition) is 3. The van der Waals surface area contributed by atoms with Crippen LogP contribution in [-0.2, 0) is 16.1 Å². The van der Waals surface area contributed by atoms with Gasteiger partial charge in [0.1, 0.15) is 5.82 Å². The molecule has 1 aromatic carbocycles. The van der Waals surface area contributed by atoms with Crippen LogP contribution in [0, 0.1) is 11.7 Å². The number of esters is 1. The molecule has 0 N–H and O–H groups in total. The monoisotopic (exact) mass is 279 g/mol. The molecule has 0 saturated carbocycles. The number of carbonyl (C=O) groups excluding carboxylic acids is 1. The van der Waals surface area contributed by atoms with Crippen LogP contribution in [0.2, 0.25) is 0 Å². The van der Waals surface area contributed by atoms with Crippen molar-refractivity contribution in [2.45, 2.75) is 39.3 Å². The lowest BCUT2D eigenvalue weighted by Crippen LogP contribution is -2.21. The topological polar surface area (TPSA) is 29.5 Å². The summed E-state index contributed by atoms with van der Waals surface area (Å²) in [5, 5.41) is 0. The van der Waals surface area contributed by atoms with Crippen molar-refractivity contribution in [3.05, 3.63) is 35.6 Å². The van der Waals surface area contributed by atoms with Gasteiger partial charge in [0.2, 0.25) is 0 Å². The molecule has 1 aliphatic rings. The quantitative estimate of drug-likeness (QED) is 0.776. The highest BCUT2D eigenvalue weighted by Crippen LogP contribution is 2.22. The minimum Gasteiger partial charge on any atom is -0.463 e. The maximum absolute atomic E-state index is 12.8. The zero-order chi connectivity index (χ0) is 14.5. The molecule has 1 saturated heterocycles. The molecule has 0 aromatic heterocycles. The molecule has 0 aliphatic carbocycles. The molecule has 0 amide bonds. The van der Waals surface area contributed by atoms with Gasteiger partial charge in [-0.25, -0.2) is 4.39 Å². The first-order chi connectivity index (χ1) is 9.52. The molecule has 110 valence electrons. The van der Waals surface area contributed by atoms with Gasteiger partial charge in [-0.1, -0.05) is 12.1 Å². The number of ether oxygens (including phenoxy) is 1. The molecule has 1 unspecified atom stereocenters. The summed E-state index contributed by atoms with van der Waals surface area (Å²) in [6, 6.07) is 6.61. The Kier molecular flexibility index (Phi) is 5.12. The molecule has 3 nitrogen and oxygen atoms in total. The highest BCUT2D eigenvalue weighted by molar-refractivity contribution is 5.69. The average Bonchev–Trinajstić information content (AvgIpc) is 2.78. The predicted molar refractivity (Wildman–Crippen MR) is 75.6 cm³/mol. The number of halogens is 1. The van der Waals surface area contributed by atoms with E-state index in [0.29, 0.717) is 12.3 Å². The second kappa shape index (κ2) is 6.84. The molecule has 1 aliphatic heterocycles. The standard InChI is InChI=1S/C16H22FNO2/c1-12(2)20-16(19)9-14-7-8-18(11-14)10-13-3-5-15(17)6-4-13/h3-6,12,14H,7-11H2,1-2H3. The van der Waals surface area contributed by atoms with E-state index in [1.807, 2.05) is 26.0 Å². The number of rotatable bonds is 5. The van der Waals surface area contributed by atoms with Crippen LogP contribution in [0.1, 0.15) is 32.3 Å². The van der Waals surface area contributed by atoms with Crippen molar-refractivity contribution in [2.24, 2.45) is 5.92 Å². The van der Waals surface area contributed by atoms with Gasteiger partial charge in [-0.2, -0.15) is 0 Å². The Labute approximate surface area is 119 Å². The van der Waals surface area contributed by atoms with Gasteiger partial charge in [0.05, 0.1) is 6.10 Å². The van der Waals surface area contributed by atoms with E-state index in [1.165, 1.54) is 12.1 Å². The highest BCUT2D eigenvalue weighted by atomic mass is 19.1. The normalized spacial score (nSPS) is 19.5. The van der Waals surface area contributed by atoms with Gasteiger partial charge in [-0.15, -0.1) is 0 Å². The maximum Gasteiger partial charge on any atom is 0.306 e. The molecule has 1 heterocycles. The first-order valence-corrected chi connectivity index (χ1v) is 7.19. The van der Waals surface area contributed by atoms with E-state index in [-0.39, 0.29) is 17.9 Å². The van der Waals surface area contributed by atoms with Crippen molar-refractivity contribution in [3.63, 3.8) is 0 Å². The summed E-state index contributed by atoms with van der Waals surface area (Å²) < 4.78 is 18.0. The van der Waals surface area contributed by atoms with Crippen LogP contribution in [0.4, 0.5) is 4.39 Å². The summed E-state index contributed by atoms with van der Waals surface area (Å²) in [5.74, 6) is 0.0693. The molecule has 20 heavy (non-hydrogen) atoms. The molecule has 0 spiro atoms. The van der Waals surface area contributed by atoms with E-state index in [2.05, 4.69) is 4.90 Å². The fourth-order valence-electron chi connectivity index (χ4n) is 2.62. The molecule has 1 aromatic rings. The fourth-order valence-corrected chi connectivity index (χ4v) is 2.62. The van der Waals surface area contributed by atoms with Crippen molar-refractivity contribution in [1.82, 2.24) is 4.90 Å². The van der Waals surface area contributed by atoms with Crippen molar-refractivity contribution in [1.29, 1.82) is 0 Å². The number of benzene rings is 1. The van der Waals surface area contributed by atoms with E-state index in [1.54, 1.807) is 0 Å². The molecule has 0 bridgehead atoms. The van der Waals surface area contributed by atoms with Crippen LogP contribution in [0.15, 0.2) is 24.3 Å². The van der Waals surface area contributed by atoms with Gasteiger partial charge in [-0.05, 0) is 50.4 Å². The number of likely N-dealkylation sites (tertiary alicyclic amines) is 1. The maximum atomic E-state index is 12.8. The van der Waals surface area contributed by atoms with Crippen LogP contribution < -0.4 is 0 Å². The van der Waals surface area contributed by atoms with E-state index in [4.69, 9.17) is 4.74 Å². The van der Waals surface area contributed by atoms with Crippen molar-refractivity contribution < 1.29 is 13.9 Å². The van der Waals surface area contributed by atoms with Gasteiger partial charge < -0.3 is 4.74 Å². The van der Waals surface area contributed by atoms with E-state index >= 15 is 0 Å². The highest BCUT2D eigenvalue weighted by Gasteiger charge is 2.25. The number of hydrogen-bond donors (Lipinski definition) is 0. The summed E-state index contributed by atoms with van der Waals surface area (Å²) >= 11 is 0. The lowest BCUT2D eigenvalue weighted by molar-refractivity contribution is -0.148. The third kappa shape index (κ3) is 4.60. The minimum atomic E-state index is -0.204. The molecular weight excluding hydrogens is 257 g/mol. The molecule has 1 fully saturated rings. The largest absolute Gasteiger partial charge is 0.463 e. The lowest BCUT2D eigenvalue weighted by Gasteiger charge is -2.16. The first-order valence-electron chi connectivity index (χ1n) is 7.19. The Balaban J connectivity index is 1.77. The Morgan fingerprint density at radius 1 is 1.40 bits per heavy atom. The van der Waals surface area contributed by atoms with Crippen molar-refractivity contribution in [3.8, 4) is 0 Å². The molecule has 2 rings (SSSR count). The van der Waals surface area contributed by atoms with Crippen LogP contribution in [-0.4, -0.2) is 30.1 Å². The van der Waals surface area contributed by atoms with Crippen molar-refractivity contribution in [2.75, 3.05) is 13.1 Å². The summed E-state index contributed by atoms with van der Waals surface area (Å²) in [6.45, 7) is 6.44. The second-order valence-electron chi connectivity index (χ2n) is 5.76. The Bertz CT molecular complexity index is 444. The predicted octanol–water partition coefficient (Wildman–Crippen LogP) is 2.99. The van der Waals surface area contributed by atoms with Gasteiger partial charge >= 0.3 is 5.97 Å². The fraction of sp³-hybridized carbons (Fsp3) is 0.562. The van der Waals surface area contributed by atoms with E-state index in [9.17, 15) is 9.18 Å². The van der Waals surface area contributed by atoms with Crippen LogP contribution in [0.5, 0.6) is 0 Å². The zero-order valence-electron chi connectivity index (χ0n) is 12.1. The van der Waals surface area contributed by atoms with Gasteiger partial charge in [0, 0.05) is 19.5 Å². The Morgan fingerprint density at radius 3 is 2.75 bits per heavy atom. The summed E-state index contributed by atoms with van der Waals surface area (Å²) in [5.41, 5.74) is 1.11. The van der Waals surface area contributed by atoms with Crippen LogP contribution in [0.25, 0.3) is 0 Å². The van der Waals surface area contributed by atoms with Crippen LogP contribution >= 0.6 is 0 Å². The summed E-state index contributed by atoms with van der Waals surface area (Å²) in [4.78, 5) is 13.9. The summed E-state index contributed by atoms with van der Waals surface area (Å²) in [6.07, 6.45) is 1.48. The zero-order valence-corrected chi connectivity index (χ0v) is 12.1. The molecular formula is C16H22FNO2. The van der Waals surface area contributed by atoms with Crippen LogP contribution in [0.3, 0.4) is 0 Å². The molecule has 4 heteroatoms. The third-order valence-corrected chi connectivity index (χ3v) is 3.51. The van der Waals surface area contributed by atoms with E-state index < -0.39 is 0 Å². The van der Waals surface area contributed by atoms with Gasteiger partial charge in [-0.3, -0.25) is 9.69 Å². The first kappa shape index (κ1) is 15.0. The molecule has 1 atom stereocenters. The van der Waals surface area contributed by atoms with Crippen molar-refractivity contribution >= 4 is 5.97 Å². The third-order valence-electron chi connectivity index (χ3n) is 3.51. The minimum absolute atomic E-state index is 0.0424. The lowest BCUT2D eigenvalue weighted by atomic mass is 10.1. The SMILES string of the molecule is CC(C)OC(=O)CC1CCN(Cc2ccc(F)cc2)C1. The Hall–Kier alpha value is -1.42.